The van der Waals surface area contributed by atoms with Gasteiger partial charge >= 0.3 is 5.97 Å². The maximum atomic E-state index is 13.9. The lowest BCUT2D eigenvalue weighted by Crippen LogP contribution is -2.24. The highest BCUT2D eigenvalue weighted by atomic mass is 35.5. The van der Waals surface area contributed by atoms with Crippen LogP contribution in [0.25, 0.3) is 49.9 Å². The van der Waals surface area contributed by atoms with E-state index in [1.807, 2.05) is 72.8 Å². The van der Waals surface area contributed by atoms with Crippen molar-refractivity contribution >= 4 is 73.5 Å². The Balaban J connectivity index is 0.000000161. The summed E-state index contributed by atoms with van der Waals surface area (Å²) in [6.07, 6.45) is 37.8. The van der Waals surface area contributed by atoms with Crippen molar-refractivity contribution in [2.24, 2.45) is 29.4 Å². The van der Waals surface area contributed by atoms with E-state index in [2.05, 4.69) is 122 Å². The molecule has 4 saturated carbocycles. The smallest absolute Gasteiger partial charge is 0.320 e. The molecule has 115 heavy (non-hydrogen) atoms. The Hall–Kier alpha value is -11.3. The number of ether oxygens (including phenoxy) is 1. The van der Waals surface area contributed by atoms with Crippen molar-refractivity contribution in [3.8, 4) is 40.7 Å². The van der Waals surface area contributed by atoms with E-state index in [-0.39, 0.29) is 23.4 Å². The number of aromatic nitrogens is 6. The number of nitrogens with two attached hydrogens (primary N) is 3. The number of hydrogen-bond acceptors (Lipinski definition) is 16. The largest absolute Gasteiger partial charge is 0.468 e. The van der Waals surface area contributed by atoms with Crippen molar-refractivity contribution in [2.75, 3.05) is 12.8 Å². The number of nitrogen functional groups attached to an aromatic ring is 1. The molecule has 7 N–H and O–H groups in total. The minimum atomic E-state index is -0.861. The molecule has 0 bridgehead atoms. The lowest BCUT2D eigenvalue weighted by atomic mass is 9.77. The fraction of sp³-hybridized carbons (Fsp3) is 0.375. The predicted octanol–water partition coefficient (Wildman–Crippen LogP) is 22.0. The first-order valence-electron chi connectivity index (χ1n) is 40.8. The first-order valence-corrected chi connectivity index (χ1v) is 41.2. The van der Waals surface area contributed by atoms with E-state index in [9.17, 15) is 29.2 Å². The van der Waals surface area contributed by atoms with Gasteiger partial charge in [-0.1, -0.05) is 240 Å². The van der Waals surface area contributed by atoms with Gasteiger partial charge in [0, 0.05) is 69.4 Å². The number of hydrazine groups is 1. The number of carbonyl (C=O) groups excluding carboxylic acids is 5. The van der Waals surface area contributed by atoms with Crippen LogP contribution in [0.1, 0.15) is 252 Å². The third kappa shape index (κ3) is 25.1. The van der Waals surface area contributed by atoms with Gasteiger partial charge in [0.05, 0.1) is 59.9 Å². The van der Waals surface area contributed by atoms with E-state index in [1.165, 1.54) is 158 Å². The summed E-state index contributed by atoms with van der Waals surface area (Å²) in [5, 5.41) is 39.8. The minimum Gasteiger partial charge on any atom is -0.468 e. The van der Waals surface area contributed by atoms with Crippen LogP contribution in [0.3, 0.4) is 0 Å². The molecule has 18 nitrogen and oxygen atoms in total. The molecule has 0 amide bonds. The number of nitrogens with one attached hydrogen (secondary N) is 1. The summed E-state index contributed by atoms with van der Waals surface area (Å²) in [5.41, 5.74) is 21.9. The zero-order valence-corrected chi connectivity index (χ0v) is 67.5. The number of halogens is 1. The zero-order chi connectivity index (χ0) is 81.7. The molecule has 0 radical (unpaired) electrons. The third-order valence-electron chi connectivity index (χ3n) is 22.4. The lowest BCUT2D eigenvalue weighted by Gasteiger charge is -2.25. The number of nitriles is 3. The summed E-state index contributed by atoms with van der Waals surface area (Å²) in [4.78, 5) is 68.3. The normalized spacial score (nSPS) is 16.0. The number of methoxy groups -OCH3 is 1. The molecule has 16 rings (SSSR count). The van der Waals surface area contributed by atoms with Crippen LogP contribution in [0, 0.1) is 51.7 Å². The van der Waals surface area contributed by atoms with Gasteiger partial charge in [-0.3, -0.25) is 50.7 Å². The molecule has 10 aromatic rings. The molecular weight excluding hydrogens is 1450 g/mol. The maximum absolute atomic E-state index is 13.9. The first-order chi connectivity index (χ1) is 56.2. The molecule has 5 aliphatic carbocycles. The summed E-state index contributed by atoms with van der Waals surface area (Å²) in [6, 6.07) is 64.4. The number of allylic oxidation sites excluding steroid dienone is 4. The number of anilines is 1. The second-order valence-electron chi connectivity index (χ2n) is 30.2. The summed E-state index contributed by atoms with van der Waals surface area (Å²) in [5.74, 6) is 8.65. The molecule has 1 aliphatic heterocycles. The number of carbonyl (C=O) groups is 5. The summed E-state index contributed by atoms with van der Waals surface area (Å²) in [6.45, 7) is 3.49. The molecule has 0 saturated heterocycles. The fourth-order valence-electron chi connectivity index (χ4n) is 16.5. The molecule has 6 aliphatic rings. The highest BCUT2D eigenvalue weighted by Crippen LogP contribution is 2.44. The van der Waals surface area contributed by atoms with Crippen LogP contribution < -0.4 is 17.4 Å². The number of ketones is 2. The standard InChI is InChI=1S/C29H27N3O.C15H19N3.C15H17NO.C14H13NO3.C8H13N.C8H11N.C7H5ClO.H4N2/c1-19-17-25-27(20-9-4-2-5-10-20)28(21-11-6-3-7-12-21)31-32(25)29(33)26(19)23-14-15-24-22(18-23)13-8-16-30-24;16-15-13(11-7-3-1-4-8-11)14(17-18-15)12-9-5-2-6-10-12;16-11-14(12-7-3-1-4-8-12)15(17)13-9-5-2-6-10-13;1-9(16)13(14(17)18-2)11-5-6-12-10(8-11)4-3-7-15-12;2*9-7-6-8-4-2-1-3-5-8;8-7(9)6-4-2-1-3-5-6;1-2/h3,6-8,11-16,18,20H,2,4-5,9-10,17H2,1H3;2,5-6,9-11H,1,3-4,7-8H2,(H3,16,17,18);2,5-6,9-10,12,14H,1,3-4,7-8H2;3-8,13H,1-2H3;8H,1-6H2;4H,1-3,5-6H2;1-5H;1-2H2. The van der Waals surface area contributed by atoms with Gasteiger partial charge in [-0.15, -0.1) is 0 Å². The summed E-state index contributed by atoms with van der Waals surface area (Å²) >= 11 is 5.16. The van der Waals surface area contributed by atoms with Crippen LogP contribution in [-0.4, -0.2) is 65.7 Å². The van der Waals surface area contributed by atoms with Gasteiger partial charge in [0.2, 0.25) is 0 Å². The molecule has 2 atom stereocenters. The average molecular weight is 1560 g/mol. The molecule has 596 valence electrons. The number of benzene rings is 6. The topological polar surface area (TPSA) is 316 Å². The molecule has 4 fully saturated rings. The van der Waals surface area contributed by atoms with E-state index >= 15 is 0 Å². The zero-order valence-electron chi connectivity index (χ0n) is 66.7. The van der Waals surface area contributed by atoms with Gasteiger partial charge < -0.3 is 10.5 Å². The maximum Gasteiger partial charge on any atom is 0.320 e. The van der Waals surface area contributed by atoms with Gasteiger partial charge in [-0.2, -0.15) is 30.7 Å². The van der Waals surface area contributed by atoms with E-state index in [0.717, 1.165) is 112 Å². The Labute approximate surface area is 682 Å². The molecule has 0 spiro atoms. The Kier molecular flexibility index (Phi) is 35.6. The second-order valence-corrected chi connectivity index (χ2v) is 30.5. The predicted molar refractivity (Wildman–Crippen MR) is 459 cm³/mol. The van der Waals surface area contributed by atoms with E-state index < -0.39 is 23.0 Å². The van der Waals surface area contributed by atoms with E-state index in [4.69, 9.17) is 33.0 Å². The average Bonchev–Trinajstić information content (AvgIpc) is 1.60. The van der Waals surface area contributed by atoms with Gasteiger partial charge in [0.15, 0.2) is 5.78 Å². The van der Waals surface area contributed by atoms with Crippen molar-refractivity contribution in [2.45, 2.75) is 205 Å². The monoisotopic (exact) mass is 1560 g/mol. The van der Waals surface area contributed by atoms with Crippen molar-refractivity contribution in [3.05, 3.63) is 251 Å². The molecular formula is C96H109ClN12O6. The number of Topliss-reactive ketones (excluding diaryl/α,β-unsaturated/α-hetero) is 2. The van der Waals surface area contributed by atoms with Crippen molar-refractivity contribution in [1.82, 2.24) is 29.9 Å². The first kappa shape index (κ1) is 87.6. The van der Waals surface area contributed by atoms with Gasteiger partial charge in [0.25, 0.3) is 11.1 Å². The number of hydrogen-bond donors (Lipinski definition) is 4. The number of fused-ring (bicyclic) bond motifs is 3. The molecule has 2 unspecified atom stereocenters. The van der Waals surface area contributed by atoms with Crippen LogP contribution in [0.5, 0.6) is 0 Å². The van der Waals surface area contributed by atoms with E-state index in [0.29, 0.717) is 40.8 Å². The van der Waals surface area contributed by atoms with Crippen molar-refractivity contribution in [1.29, 1.82) is 15.8 Å². The lowest BCUT2D eigenvalue weighted by molar-refractivity contribution is -0.145. The number of nitrogens with zero attached hydrogens (tertiary/aromatic N) is 8. The van der Waals surface area contributed by atoms with Crippen LogP contribution in [0.2, 0.25) is 0 Å². The van der Waals surface area contributed by atoms with Crippen LogP contribution in [0.15, 0.2) is 212 Å². The third-order valence-corrected chi connectivity index (χ3v) is 22.6. The molecule has 6 aromatic carbocycles. The Morgan fingerprint density at radius 1 is 0.600 bits per heavy atom. The molecule has 5 heterocycles. The van der Waals surface area contributed by atoms with Crippen molar-refractivity contribution in [3.63, 3.8) is 0 Å². The molecule has 19 heteroatoms. The number of esters is 1. The number of H-pyrrole nitrogens is 1. The van der Waals surface area contributed by atoms with Crippen molar-refractivity contribution < 1.29 is 28.7 Å². The van der Waals surface area contributed by atoms with Crippen LogP contribution in [0.4, 0.5) is 5.82 Å². The Bertz CT molecular complexity index is 4980. The fourth-order valence-corrected chi connectivity index (χ4v) is 16.6. The van der Waals surface area contributed by atoms with Crippen LogP contribution in [-0.2, 0) is 20.7 Å². The number of rotatable bonds is 14. The summed E-state index contributed by atoms with van der Waals surface area (Å²) < 4.78 is 6.38. The minimum absolute atomic E-state index is 0.000000000000000222. The highest BCUT2D eigenvalue weighted by Gasteiger charge is 2.35. The SMILES string of the molecule is CC1=C(c2ccc3ncccc3c2)C(=O)n2nc(-c3ccccc3)c(C3CCCCC3)c2C1.COC(=O)C(C(C)=O)c1ccc2ncccc2c1.N#CC(C(=O)c1ccccc1)C1CCCCC1.N#CCC1=CCCCC1.N#CCC1CCCCC1.NN.Nc1n[nH]c(-c2ccccc2)c1C1CCCCC1.O=C(Cl)c1ccccc1. The van der Waals surface area contributed by atoms with E-state index in [1.54, 1.807) is 71.7 Å². The van der Waals surface area contributed by atoms with Gasteiger partial charge in [-0.05, 0) is 179 Å². The Morgan fingerprint density at radius 3 is 1.65 bits per heavy atom. The van der Waals surface area contributed by atoms with Gasteiger partial charge in [0.1, 0.15) is 23.4 Å². The number of aromatic amines is 1. The number of pyridine rings is 2. The highest BCUT2D eigenvalue weighted by molar-refractivity contribution is 6.67. The quantitative estimate of drug-likeness (QED) is 0.0149. The second kappa shape index (κ2) is 46.7. The van der Waals surface area contributed by atoms with Gasteiger partial charge in [-0.25, -0.2) is 0 Å². The summed E-state index contributed by atoms with van der Waals surface area (Å²) in [7, 11) is 1.28. The van der Waals surface area contributed by atoms with Crippen LogP contribution >= 0.6 is 11.6 Å². The molecule has 4 aromatic heterocycles. The Morgan fingerprint density at radius 2 is 1.13 bits per heavy atom.